The predicted molar refractivity (Wildman–Crippen MR) is 70.9 cm³/mol. The van der Waals surface area contributed by atoms with Crippen LogP contribution in [-0.4, -0.2) is 22.5 Å². The SMILES string of the molecule is CC(=O)NC(C)(C)C[C@H](C)NCc1cscn1. The van der Waals surface area contributed by atoms with Gasteiger partial charge < -0.3 is 10.6 Å². The van der Waals surface area contributed by atoms with E-state index in [1.165, 1.54) is 0 Å². The summed E-state index contributed by atoms with van der Waals surface area (Å²) in [5.74, 6) is 0.0155. The van der Waals surface area contributed by atoms with E-state index in [2.05, 4.69) is 22.5 Å². The van der Waals surface area contributed by atoms with Crippen LogP contribution in [0.25, 0.3) is 0 Å². The van der Waals surface area contributed by atoms with Crippen molar-refractivity contribution in [3.05, 3.63) is 16.6 Å². The number of carbonyl (C=O) groups excluding carboxylic acids is 1. The molecule has 17 heavy (non-hydrogen) atoms. The van der Waals surface area contributed by atoms with Gasteiger partial charge in [0.15, 0.2) is 0 Å². The lowest BCUT2D eigenvalue weighted by Gasteiger charge is -2.29. The molecule has 0 aliphatic heterocycles. The molecule has 0 unspecified atom stereocenters. The first kappa shape index (κ1) is 14.1. The Morgan fingerprint density at radius 2 is 2.29 bits per heavy atom. The molecule has 0 saturated heterocycles. The molecular weight excluding hydrogens is 234 g/mol. The molecule has 1 amide bonds. The van der Waals surface area contributed by atoms with Crippen LogP contribution in [0.3, 0.4) is 0 Å². The zero-order valence-electron chi connectivity index (χ0n) is 10.9. The topological polar surface area (TPSA) is 54.0 Å². The molecule has 0 bridgehead atoms. The quantitative estimate of drug-likeness (QED) is 0.816. The summed E-state index contributed by atoms with van der Waals surface area (Å²) in [5.41, 5.74) is 2.72. The van der Waals surface area contributed by atoms with Crippen LogP contribution in [0, 0.1) is 0 Å². The number of hydrogen-bond acceptors (Lipinski definition) is 4. The second kappa shape index (κ2) is 6.12. The van der Waals surface area contributed by atoms with Crippen molar-refractivity contribution in [2.45, 2.75) is 52.2 Å². The Labute approximate surface area is 107 Å². The first-order chi connectivity index (χ1) is 7.89. The van der Waals surface area contributed by atoms with E-state index in [-0.39, 0.29) is 11.4 Å². The average molecular weight is 255 g/mol. The van der Waals surface area contributed by atoms with Gasteiger partial charge in [0.2, 0.25) is 5.91 Å². The van der Waals surface area contributed by atoms with Crippen LogP contribution >= 0.6 is 11.3 Å². The highest BCUT2D eigenvalue weighted by Crippen LogP contribution is 2.12. The maximum Gasteiger partial charge on any atom is 0.217 e. The lowest BCUT2D eigenvalue weighted by Crippen LogP contribution is -2.46. The minimum Gasteiger partial charge on any atom is -0.351 e. The fourth-order valence-corrected chi connectivity index (χ4v) is 2.53. The fourth-order valence-electron chi connectivity index (χ4n) is 1.97. The third-order valence-electron chi connectivity index (χ3n) is 2.45. The Bertz CT molecular complexity index is 349. The lowest BCUT2D eigenvalue weighted by molar-refractivity contribution is -0.120. The summed E-state index contributed by atoms with van der Waals surface area (Å²) in [7, 11) is 0. The molecule has 0 saturated carbocycles. The highest BCUT2D eigenvalue weighted by atomic mass is 32.1. The molecule has 0 aromatic carbocycles. The van der Waals surface area contributed by atoms with Crippen LogP contribution in [0.2, 0.25) is 0 Å². The summed E-state index contributed by atoms with van der Waals surface area (Å²) in [5, 5.41) is 8.40. The summed E-state index contributed by atoms with van der Waals surface area (Å²) in [6.45, 7) is 8.52. The molecule has 2 N–H and O–H groups in total. The van der Waals surface area contributed by atoms with Gasteiger partial charge in [-0.15, -0.1) is 11.3 Å². The molecule has 0 aliphatic carbocycles. The molecule has 1 rings (SSSR count). The molecule has 4 nitrogen and oxygen atoms in total. The predicted octanol–water partition coefficient (Wildman–Crippen LogP) is 1.93. The molecule has 0 spiro atoms. The Hall–Kier alpha value is -0.940. The number of hydrogen-bond donors (Lipinski definition) is 2. The standard InChI is InChI=1S/C12H21N3OS/c1-9(5-12(3,4)15-10(2)16)13-6-11-7-17-8-14-11/h7-9,13H,5-6H2,1-4H3,(H,15,16)/t9-/m0/s1. The highest BCUT2D eigenvalue weighted by Gasteiger charge is 2.21. The van der Waals surface area contributed by atoms with Crippen LogP contribution in [0.15, 0.2) is 10.9 Å². The normalized spacial score (nSPS) is 13.4. The second-order valence-corrected chi connectivity index (χ2v) is 5.75. The van der Waals surface area contributed by atoms with E-state index in [4.69, 9.17) is 0 Å². The minimum absolute atomic E-state index is 0.0155. The van der Waals surface area contributed by atoms with Gasteiger partial charge >= 0.3 is 0 Å². The van der Waals surface area contributed by atoms with Crippen molar-refractivity contribution < 1.29 is 4.79 Å². The summed E-state index contributed by atoms with van der Waals surface area (Å²) in [6.07, 6.45) is 0.886. The Morgan fingerprint density at radius 1 is 1.59 bits per heavy atom. The number of nitrogens with zero attached hydrogens (tertiary/aromatic N) is 1. The van der Waals surface area contributed by atoms with Crippen molar-refractivity contribution in [3.63, 3.8) is 0 Å². The monoisotopic (exact) mass is 255 g/mol. The Kier molecular flexibility index (Phi) is 5.08. The van der Waals surface area contributed by atoms with Crippen molar-refractivity contribution >= 4 is 17.2 Å². The number of rotatable bonds is 6. The van der Waals surface area contributed by atoms with Crippen molar-refractivity contribution in [1.82, 2.24) is 15.6 Å². The number of aromatic nitrogens is 1. The van der Waals surface area contributed by atoms with Gasteiger partial charge in [-0.25, -0.2) is 4.98 Å². The maximum atomic E-state index is 11.0. The molecular formula is C12H21N3OS. The zero-order valence-corrected chi connectivity index (χ0v) is 11.7. The van der Waals surface area contributed by atoms with Gasteiger partial charge in [0.05, 0.1) is 11.2 Å². The van der Waals surface area contributed by atoms with Crippen molar-refractivity contribution in [2.24, 2.45) is 0 Å². The molecule has 0 aliphatic rings. The van der Waals surface area contributed by atoms with Crippen LogP contribution in [-0.2, 0) is 11.3 Å². The van der Waals surface area contributed by atoms with E-state index in [1.807, 2.05) is 24.7 Å². The fraction of sp³-hybridized carbons (Fsp3) is 0.667. The number of amides is 1. The zero-order chi connectivity index (χ0) is 12.9. The maximum absolute atomic E-state index is 11.0. The summed E-state index contributed by atoms with van der Waals surface area (Å²) in [6, 6.07) is 0.332. The third-order valence-corrected chi connectivity index (χ3v) is 3.08. The van der Waals surface area contributed by atoms with E-state index in [1.54, 1.807) is 18.3 Å². The summed E-state index contributed by atoms with van der Waals surface area (Å²) in [4.78, 5) is 15.3. The first-order valence-corrected chi connectivity index (χ1v) is 6.72. The van der Waals surface area contributed by atoms with Crippen LogP contribution in [0.4, 0.5) is 0 Å². The Balaban J connectivity index is 2.33. The highest BCUT2D eigenvalue weighted by molar-refractivity contribution is 7.07. The molecule has 5 heteroatoms. The van der Waals surface area contributed by atoms with E-state index < -0.39 is 0 Å². The number of nitrogens with one attached hydrogen (secondary N) is 2. The van der Waals surface area contributed by atoms with Crippen molar-refractivity contribution in [1.29, 1.82) is 0 Å². The molecule has 0 radical (unpaired) electrons. The second-order valence-electron chi connectivity index (χ2n) is 5.03. The van der Waals surface area contributed by atoms with Gasteiger partial charge in [0.1, 0.15) is 0 Å². The minimum atomic E-state index is -0.180. The van der Waals surface area contributed by atoms with Gasteiger partial charge in [0, 0.05) is 30.4 Å². The van der Waals surface area contributed by atoms with Crippen LogP contribution < -0.4 is 10.6 Å². The van der Waals surface area contributed by atoms with Gasteiger partial charge in [-0.1, -0.05) is 0 Å². The Morgan fingerprint density at radius 3 is 2.82 bits per heavy atom. The average Bonchev–Trinajstić information content (AvgIpc) is 2.63. The van der Waals surface area contributed by atoms with E-state index in [0.29, 0.717) is 6.04 Å². The largest absolute Gasteiger partial charge is 0.351 e. The third kappa shape index (κ3) is 5.79. The summed E-state index contributed by atoms with van der Waals surface area (Å²) < 4.78 is 0. The van der Waals surface area contributed by atoms with Gasteiger partial charge in [-0.05, 0) is 27.2 Å². The van der Waals surface area contributed by atoms with Crippen molar-refractivity contribution in [3.8, 4) is 0 Å². The molecule has 0 fully saturated rings. The van der Waals surface area contributed by atoms with Gasteiger partial charge in [-0.3, -0.25) is 4.79 Å². The summed E-state index contributed by atoms with van der Waals surface area (Å²) >= 11 is 1.60. The molecule has 1 aromatic heterocycles. The molecule has 1 atom stereocenters. The number of thiazole rings is 1. The molecule has 1 heterocycles. The van der Waals surface area contributed by atoms with Gasteiger partial charge in [-0.2, -0.15) is 0 Å². The van der Waals surface area contributed by atoms with E-state index >= 15 is 0 Å². The smallest absolute Gasteiger partial charge is 0.217 e. The van der Waals surface area contributed by atoms with Crippen LogP contribution in [0.5, 0.6) is 0 Å². The van der Waals surface area contributed by atoms with Gasteiger partial charge in [0.25, 0.3) is 0 Å². The first-order valence-electron chi connectivity index (χ1n) is 5.78. The van der Waals surface area contributed by atoms with Crippen molar-refractivity contribution in [2.75, 3.05) is 0 Å². The molecule has 1 aromatic rings. The lowest BCUT2D eigenvalue weighted by atomic mass is 9.96. The van der Waals surface area contributed by atoms with Crippen LogP contribution in [0.1, 0.15) is 39.8 Å². The van der Waals surface area contributed by atoms with E-state index in [9.17, 15) is 4.79 Å². The van der Waals surface area contributed by atoms with E-state index in [0.717, 1.165) is 18.7 Å². The number of carbonyl (C=O) groups is 1. The molecule has 96 valence electrons.